The maximum atomic E-state index is 11.3. The predicted octanol–water partition coefficient (Wildman–Crippen LogP) is 14.9. The van der Waals surface area contributed by atoms with Crippen LogP contribution < -0.4 is 0 Å². The quantitative estimate of drug-likeness (QED) is 0.0216. The number of phosphoric acid groups is 2. The molecule has 0 aromatic heterocycles. The summed E-state index contributed by atoms with van der Waals surface area (Å²) in [6, 6.07) is 0. The van der Waals surface area contributed by atoms with Gasteiger partial charge < -0.3 is 14.7 Å². The van der Waals surface area contributed by atoms with Crippen LogP contribution in [-0.4, -0.2) is 21.3 Å². The first-order valence-corrected chi connectivity index (χ1v) is 23.1. The van der Waals surface area contributed by atoms with E-state index >= 15 is 0 Å². The lowest BCUT2D eigenvalue weighted by Gasteiger charge is -2.10. The molecule has 0 rings (SSSR count). The minimum Gasteiger partial charge on any atom is -0.302 e. The molecular weight excluding hydrogens is 730 g/mol. The largest absolute Gasteiger partial charge is 0.508 e. The van der Waals surface area contributed by atoms with E-state index in [0.717, 1.165) is 102 Å². The molecule has 1 unspecified atom stereocenters. The van der Waals surface area contributed by atoms with Gasteiger partial charge in [0.1, 0.15) is 6.61 Å². The summed E-state index contributed by atoms with van der Waals surface area (Å²) >= 11 is 0. The molecule has 0 saturated carbocycles. The predicted molar refractivity (Wildman–Crippen MR) is 233 cm³/mol. The highest BCUT2D eigenvalue weighted by atomic mass is 31.3. The van der Waals surface area contributed by atoms with Gasteiger partial charge in [0.05, 0.1) is 0 Å². The summed E-state index contributed by atoms with van der Waals surface area (Å²) in [5.74, 6) is 0. The molecule has 1 atom stereocenters. The molecule has 0 aromatic carbocycles. The van der Waals surface area contributed by atoms with E-state index in [9.17, 15) is 14.0 Å². The third-order valence-electron chi connectivity index (χ3n) is 9.17. The van der Waals surface area contributed by atoms with E-state index in [1.54, 1.807) is 6.08 Å². The first-order valence-electron chi connectivity index (χ1n) is 20.1. The molecule has 0 fully saturated rings. The van der Waals surface area contributed by atoms with Crippen molar-refractivity contribution in [3.05, 3.63) is 105 Å². The molecule has 0 bridgehead atoms. The summed E-state index contributed by atoms with van der Waals surface area (Å²) in [7, 11) is -10.2. The summed E-state index contributed by atoms with van der Waals surface area (Å²) in [4.78, 5) is 30.9. The zero-order chi connectivity index (χ0) is 41.7. The Kier molecular flexibility index (Phi) is 29.8. The standard InChI is InChI=1S/C45H76O8P2/c1-37(2)19-11-20-38(3)21-12-22-39(4)23-13-24-40(5)25-14-26-41(6)27-15-28-42(7)29-16-30-43(8)31-17-32-44(9)33-18-34-45(10)35-36-51-52-55(49,50)53-54(46,47)48/h19,21,23,25,27,29,31,33,35H,11-18,20,22,24,26,28,30,32,34,36H2,1-10H3,(H,49,50)(H2,46,47,48). The van der Waals surface area contributed by atoms with Gasteiger partial charge in [0.25, 0.3) is 0 Å². The molecule has 0 aliphatic heterocycles. The van der Waals surface area contributed by atoms with Crippen LogP contribution in [0.4, 0.5) is 0 Å². The van der Waals surface area contributed by atoms with Gasteiger partial charge in [-0.2, -0.15) is 4.31 Å². The molecule has 3 N–H and O–H groups in total. The van der Waals surface area contributed by atoms with Crippen molar-refractivity contribution in [3.63, 3.8) is 0 Å². The van der Waals surface area contributed by atoms with E-state index in [1.165, 1.54) is 51.0 Å². The number of hydrogen-bond acceptors (Lipinski definition) is 5. The molecular formula is C45H76O8P2. The Bertz CT molecular complexity index is 1490. The fourth-order valence-corrected chi connectivity index (χ4v) is 7.03. The van der Waals surface area contributed by atoms with Gasteiger partial charge in [-0.3, -0.25) is 0 Å². The van der Waals surface area contributed by atoms with Crippen LogP contribution in [0.1, 0.15) is 172 Å². The Labute approximate surface area is 335 Å². The van der Waals surface area contributed by atoms with E-state index in [1.807, 2.05) is 6.92 Å². The Morgan fingerprint density at radius 2 is 0.636 bits per heavy atom. The van der Waals surface area contributed by atoms with Crippen LogP contribution in [0.25, 0.3) is 0 Å². The third-order valence-corrected chi connectivity index (χ3v) is 11.1. The van der Waals surface area contributed by atoms with E-state index in [2.05, 4.69) is 125 Å². The number of hydrogen-bond donors (Lipinski definition) is 3. The Morgan fingerprint density at radius 3 is 0.873 bits per heavy atom. The normalized spacial score (nSPS) is 15.8. The maximum absolute atomic E-state index is 11.3. The summed E-state index contributed by atoms with van der Waals surface area (Å²) in [5.41, 5.74) is 12.6. The van der Waals surface area contributed by atoms with Gasteiger partial charge in [0, 0.05) is 0 Å². The average molecular weight is 807 g/mol. The van der Waals surface area contributed by atoms with Crippen LogP contribution in [-0.2, 0) is 23.0 Å². The van der Waals surface area contributed by atoms with Gasteiger partial charge in [-0.1, -0.05) is 105 Å². The second kappa shape index (κ2) is 30.9. The maximum Gasteiger partial charge on any atom is 0.508 e. The molecule has 8 nitrogen and oxygen atoms in total. The highest BCUT2D eigenvalue weighted by Crippen LogP contribution is 2.57. The van der Waals surface area contributed by atoms with Gasteiger partial charge in [-0.15, -0.1) is 4.67 Å². The molecule has 0 spiro atoms. The Balaban J connectivity index is 4.27. The molecule has 0 aliphatic rings. The van der Waals surface area contributed by atoms with Crippen molar-refractivity contribution < 1.29 is 37.7 Å². The lowest BCUT2D eigenvalue weighted by molar-refractivity contribution is -0.211. The molecule has 314 valence electrons. The zero-order valence-electron chi connectivity index (χ0n) is 36.0. The Morgan fingerprint density at radius 1 is 0.400 bits per heavy atom. The van der Waals surface area contributed by atoms with Crippen molar-refractivity contribution in [2.75, 3.05) is 6.61 Å². The highest BCUT2D eigenvalue weighted by molar-refractivity contribution is 7.60. The van der Waals surface area contributed by atoms with E-state index < -0.39 is 15.6 Å². The minimum absolute atomic E-state index is 0.160. The second-order valence-corrected chi connectivity index (χ2v) is 18.1. The van der Waals surface area contributed by atoms with Crippen LogP contribution in [0.3, 0.4) is 0 Å². The molecule has 0 heterocycles. The SMILES string of the molecule is CC(C)=CCCC(C)=CCCC(C)=CCCC(C)=CCCC(C)=CCCC(C)=CCCC(C)=CCCC(C)=CCCC(C)=CCOOP(=O)(O)OP(=O)(O)O. The summed E-state index contributed by atoms with van der Waals surface area (Å²) in [5, 5.41) is 0. The third kappa shape index (κ3) is 36.0. The second-order valence-electron chi connectivity index (χ2n) is 15.4. The van der Waals surface area contributed by atoms with E-state index in [4.69, 9.17) is 9.79 Å². The first kappa shape index (κ1) is 52.9. The number of allylic oxidation sites excluding steroid dienone is 17. The van der Waals surface area contributed by atoms with Gasteiger partial charge in [0.15, 0.2) is 0 Å². The highest BCUT2D eigenvalue weighted by Gasteiger charge is 2.33. The summed E-state index contributed by atoms with van der Waals surface area (Å²) in [6.45, 7) is 21.7. The van der Waals surface area contributed by atoms with Crippen molar-refractivity contribution in [1.82, 2.24) is 0 Å². The lowest BCUT2D eigenvalue weighted by atomic mass is 10.0. The van der Waals surface area contributed by atoms with Gasteiger partial charge in [-0.25, -0.2) is 14.0 Å². The fraction of sp³-hybridized carbons (Fsp3) is 0.600. The van der Waals surface area contributed by atoms with Gasteiger partial charge >= 0.3 is 15.6 Å². The van der Waals surface area contributed by atoms with Crippen LogP contribution in [0.5, 0.6) is 0 Å². The van der Waals surface area contributed by atoms with Crippen molar-refractivity contribution in [3.8, 4) is 0 Å². The van der Waals surface area contributed by atoms with Crippen LogP contribution in [0, 0.1) is 0 Å². The van der Waals surface area contributed by atoms with Gasteiger partial charge in [0.2, 0.25) is 0 Å². The molecule has 10 heteroatoms. The Hall–Kier alpha value is -2.12. The molecule has 0 aliphatic carbocycles. The number of rotatable bonds is 30. The van der Waals surface area contributed by atoms with Crippen molar-refractivity contribution >= 4 is 15.6 Å². The minimum atomic E-state index is -5.17. The molecule has 0 aromatic rings. The van der Waals surface area contributed by atoms with E-state index in [-0.39, 0.29) is 6.61 Å². The van der Waals surface area contributed by atoms with E-state index in [0.29, 0.717) is 0 Å². The lowest BCUT2D eigenvalue weighted by Crippen LogP contribution is -1.96. The van der Waals surface area contributed by atoms with Gasteiger partial charge in [-0.05, 0) is 172 Å². The zero-order valence-corrected chi connectivity index (χ0v) is 37.8. The van der Waals surface area contributed by atoms with Crippen molar-refractivity contribution in [1.29, 1.82) is 0 Å². The first-order chi connectivity index (χ1) is 25.8. The fourth-order valence-electron chi connectivity index (χ4n) is 5.65. The smallest absolute Gasteiger partial charge is 0.302 e. The van der Waals surface area contributed by atoms with Crippen LogP contribution >= 0.6 is 15.6 Å². The van der Waals surface area contributed by atoms with Crippen molar-refractivity contribution in [2.45, 2.75) is 172 Å². The molecule has 55 heavy (non-hydrogen) atoms. The monoisotopic (exact) mass is 807 g/mol. The molecule has 0 saturated heterocycles. The summed E-state index contributed by atoms with van der Waals surface area (Å²) < 4.78 is 29.7. The van der Waals surface area contributed by atoms with Crippen LogP contribution in [0.2, 0.25) is 0 Å². The average Bonchev–Trinajstić information content (AvgIpc) is 3.05. The molecule has 0 radical (unpaired) electrons. The van der Waals surface area contributed by atoms with Crippen LogP contribution in [0.15, 0.2) is 105 Å². The topological polar surface area (TPSA) is 123 Å². The summed E-state index contributed by atoms with van der Waals surface area (Å²) in [6.07, 6.45) is 37.8. The van der Waals surface area contributed by atoms with Crippen molar-refractivity contribution in [2.24, 2.45) is 0 Å². The molecule has 0 amide bonds.